The molecule has 11 heteroatoms. The van der Waals surface area contributed by atoms with Crippen molar-refractivity contribution in [3.05, 3.63) is 28.5 Å². The quantitative estimate of drug-likeness (QED) is 0.342. The lowest BCUT2D eigenvalue weighted by molar-refractivity contribution is -0.0312. The molecule has 0 bridgehead atoms. The Balaban J connectivity index is 1.84. The Hall–Kier alpha value is -1.82. The molecule has 1 atom stereocenters. The van der Waals surface area contributed by atoms with Crippen molar-refractivity contribution in [2.45, 2.75) is 57.9 Å². The van der Waals surface area contributed by atoms with E-state index in [-0.39, 0.29) is 31.3 Å². The third kappa shape index (κ3) is 4.48. The van der Waals surface area contributed by atoms with Crippen molar-refractivity contribution >= 4 is 35.0 Å². The van der Waals surface area contributed by atoms with Crippen molar-refractivity contribution in [2.75, 3.05) is 13.2 Å². The number of hydrogen-bond acceptors (Lipinski definition) is 5. The first-order valence-electron chi connectivity index (χ1n) is 10.4. The van der Waals surface area contributed by atoms with Crippen LogP contribution in [0.5, 0.6) is 5.88 Å². The molecule has 0 amide bonds. The van der Waals surface area contributed by atoms with Crippen LogP contribution in [0.4, 0.5) is 8.78 Å². The second kappa shape index (κ2) is 8.51. The van der Waals surface area contributed by atoms with E-state index in [1.165, 1.54) is 4.68 Å². The van der Waals surface area contributed by atoms with Crippen LogP contribution in [0.25, 0.3) is 22.3 Å². The Morgan fingerprint density at radius 1 is 1.38 bits per heavy atom. The van der Waals surface area contributed by atoms with E-state index in [2.05, 4.69) is 45.7 Å². The van der Waals surface area contributed by atoms with Crippen molar-refractivity contribution in [2.24, 2.45) is 0 Å². The molecule has 0 aliphatic carbocycles. The van der Waals surface area contributed by atoms with Gasteiger partial charge in [0.15, 0.2) is 0 Å². The Labute approximate surface area is 194 Å². The molecular weight excluding hydrogens is 502 g/mol. The summed E-state index contributed by atoms with van der Waals surface area (Å²) in [7, 11) is -1.28. The predicted molar refractivity (Wildman–Crippen MR) is 124 cm³/mol. The van der Waals surface area contributed by atoms with Crippen LogP contribution in [-0.4, -0.2) is 51.3 Å². The average Bonchev–Trinajstić information content (AvgIpc) is 3.19. The molecule has 4 heterocycles. The number of fused-ring (bicyclic) bond motifs is 2. The molecule has 7 nitrogen and oxygen atoms in total. The highest BCUT2D eigenvalue weighted by molar-refractivity contribution is 9.10. The van der Waals surface area contributed by atoms with E-state index in [1.54, 1.807) is 23.8 Å². The number of hydrogen-bond donors (Lipinski definition) is 1. The summed E-state index contributed by atoms with van der Waals surface area (Å²) in [6, 6.07) is 4.65. The first-order valence-corrected chi connectivity index (χ1v) is 14.9. The predicted octanol–water partition coefficient (Wildman–Crippen LogP) is 5.06. The van der Waals surface area contributed by atoms with E-state index in [9.17, 15) is 13.9 Å². The second-order valence-corrected chi connectivity index (χ2v) is 16.0. The van der Waals surface area contributed by atoms with Gasteiger partial charge >= 0.3 is 0 Å². The van der Waals surface area contributed by atoms with Gasteiger partial charge in [-0.3, -0.25) is 4.57 Å². The third-order valence-electron chi connectivity index (χ3n) is 5.36. The van der Waals surface area contributed by atoms with Crippen LogP contribution in [0.15, 0.2) is 22.8 Å². The summed E-state index contributed by atoms with van der Waals surface area (Å²) in [4.78, 5) is 4.48. The van der Waals surface area contributed by atoms with E-state index < -0.39 is 25.8 Å². The monoisotopic (exact) mass is 528 g/mol. The third-order valence-corrected chi connectivity index (χ3v) is 7.87. The van der Waals surface area contributed by atoms with E-state index in [0.717, 1.165) is 11.4 Å². The van der Waals surface area contributed by atoms with Crippen LogP contribution in [-0.2, 0) is 18.0 Å². The van der Waals surface area contributed by atoms with E-state index in [0.29, 0.717) is 22.4 Å². The molecule has 0 saturated heterocycles. The van der Waals surface area contributed by atoms with Gasteiger partial charge in [-0.15, -0.1) is 0 Å². The highest BCUT2D eigenvalue weighted by Crippen LogP contribution is 2.46. The number of aromatic nitrogens is 4. The lowest BCUT2D eigenvalue weighted by Crippen LogP contribution is -2.41. The number of rotatable bonds is 7. The minimum absolute atomic E-state index is 0.0167. The van der Waals surface area contributed by atoms with Crippen molar-refractivity contribution in [3.63, 3.8) is 0 Å². The molecule has 1 aliphatic heterocycles. The zero-order valence-corrected chi connectivity index (χ0v) is 21.1. The molecule has 3 aromatic rings. The van der Waals surface area contributed by atoms with E-state index in [1.807, 2.05) is 6.07 Å². The number of aliphatic hydroxyl groups is 1. The molecular formula is C21H27BrF2N4O3Si. The lowest BCUT2D eigenvalue weighted by atomic mass is 10.1. The zero-order valence-electron chi connectivity index (χ0n) is 18.5. The molecule has 0 unspecified atom stereocenters. The maximum Gasteiger partial charge on any atom is 0.282 e. The molecule has 1 N–H and O–H groups in total. The smallest absolute Gasteiger partial charge is 0.282 e. The topological polar surface area (TPSA) is 74.3 Å². The van der Waals surface area contributed by atoms with Gasteiger partial charge < -0.3 is 14.6 Å². The highest BCUT2D eigenvalue weighted by atomic mass is 79.9. The fourth-order valence-electron chi connectivity index (χ4n) is 3.73. The fourth-order valence-corrected chi connectivity index (χ4v) is 5.20. The number of pyridine rings is 1. The van der Waals surface area contributed by atoms with Gasteiger partial charge in [0.05, 0.1) is 22.3 Å². The van der Waals surface area contributed by atoms with Crippen molar-refractivity contribution in [1.29, 1.82) is 0 Å². The minimum Gasteiger partial charge on any atom is -0.474 e. The summed E-state index contributed by atoms with van der Waals surface area (Å²) in [5.74, 6) is 0.207. The van der Waals surface area contributed by atoms with Crippen LogP contribution >= 0.6 is 15.9 Å². The van der Waals surface area contributed by atoms with Gasteiger partial charge in [-0.1, -0.05) is 19.6 Å². The first-order chi connectivity index (χ1) is 15.0. The molecule has 1 aliphatic rings. The summed E-state index contributed by atoms with van der Waals surface area (Å²) in [6.07, 6.45) is -1.16. The van der Waals surface area contributed by atoms with Gasteiger partial charge in [-0.05, 0) is 41.0 Å². The summed E-state index contributed by atoms with van der Waals surface area (Å²) in [5.41, 5.74) is -0.310. The Morgan fingerprint density at radius 3 is 2.81 bits per heavy atom. The lowest BCUT2D eigenvalue weighted by Gasteiger charge is -2.29. The highest BCUT2D eigenvalue weighted by Gasteiger charge is 2.37. The number of nitrogens with zero attached hydrogens (tertiary/aromatic N) is 4. The molecule has 4 rings (SSSR count). The molecule has 32 heavy (non-hydrogen) atoms. The number of halogens is 3. The molecule has 0 aromatic carbocycles. The molecule has 0 saturated carbocycles. The largest absolute Gasteiger partial charge is 0.474 e. The molecule has 174 valence electrons. The van der Waals surface area contributed by atoms with Crippen molar-refractivity contribution in [1.82, 2.24) is 19.3 Å². The fraction of sp³-hybridized carbons (Fsp3) is 0.524. The average molecular weight is 529 g/mol. The Bertz CT molecular complexity index is 1140. The summed E-state index contributed by atoms with van der Waals surface area (Å²) >= 11 is 3.60. The summed E-state index contributed by atoms with van der Waals surface area (Å²) < 4.78 is 43.6. The van der Waals surface area contributed by atoms with E-state index >= 15 is 0 Å². The standard InChI is InChI=1S/C21H27BrF2N4O3Si/c1-21(29)10-28-20(31-11-21)14(16(26-28)18(23)24)17-15(22)13-6-5-7-25-19(13)27(17)12-30-8-9-32(2,3)4/h5-7,18,29H,8-12H2,1-4H3/t21-/m0/s1. The van der Waals surface area contributed by atoms with Gasteiger partial charge in [0.25, 0.3) is 6.43 Å². The van der Waals surface area contributed by atoms with Gasteiger partial charge in [0, 0.05) is 26.3 Å². The van der Waals surface area contributed by atoms with Gasteiger partial charge in [-0.25, -0.2) is 18.4 Å². The molecule has 0 spiro atoms. The number of alkyl halides is 2. The molecule has 0 radical (unpaired) electrons. The Morgan fingerprint density at radius 2 is 2.12 bits per heavy atom. The second-order valence-electron chi connectivity index (χ2n) is 9.62. The van der Waals surface area contributed by atoms with Crippen molar-refractivity contribution in [3.8, 4) is 17.1 Å². The van der Waals surface area contributed by atoms with Gasteiger partial charge in [0.2, 0.25) is 5.88 Å². The summed E-state index contributed by atoms with van der Waals surface area (Å²) in [6.45, 7) is 9.17. The maximum atomic E-state index is 14.1. The normalized spacial score (nSPS) is 18.9. The van der Waals surface area contributed by atoms with Gasteiger partial charge in [-0.2, -0.15) is 5.10 Å². The Kier molecular flexibility index (Phi) is 6.21. The molecule has 0 fully saturated rings. The van der Waals surface area contributed by atoms with Crippen LogP contribution in [0.1, 0.15) is 19.0 Å². The van der Waals surface area contributed by atoms with Crippen LogP contribution < -0.4 is 4.74 Å². The first kappa shape index (κ1) is 23.3. The van der Waals surface area contributed by atoms with Crippen LogP contribution in [0, 0.1) is 0 Å². The summed E-state index contributed by atoms with van der Waals surface area (Å²) in [5, 5.41) is 15.2. The molecule has 3 aromatic heterocycles. The number of ether oxygens (including phenoxy) is 2. The SMILES string of the molecule is C[C@@]1(O)COc2c(-c3c(Br)c4cccnc4n3COCC[Si](C)(C)C)c(C(F)F)nn2C1. The van der Waals surface area contributed by atoms with Crippen LogP contribution in [0.3, 0.4) is 0 Å². The zero-order chi connectivity index (χ0) is 23.3. The maximum absolute atomic E-state index is 14.1. The van der Waals surface area contributed by atoms with E-state index in [4.69, 9.17) is 9.47 Å². The van der Waals surface area contributed by atoms with Crippen LogP contribution in [0.2, 0.25) is 25.7 Å². The van der Waals surface area contributed by atoms with Gasteiger partial charge in [0.1, 0.15) is 30.3 Å². The van der Waals surface area contributed by atoms with Crippen molar-refractivity contribution < 1.29 is 23.4 Å². The minimum atomic E-state index is -2.82.